The Morgan fingerprint density at radius 2 is 1.89 bits per heavy atom. The van der Waals surface area contributed by atoms with Crippen LogP contribution >= 0.6 is 11.8 Å². The number of likely N-dealkylation sites (tertiary alicyclic amines) is 1. The van der Waals surface area contributed by atoms with Gasteiger partial charge in [0.1, 0.15) is 22.9 Å². The molecule has 2 aliphatic rings. The first-order valence-corrected chi connectivity index (χ1v) is 13.1. The number of aliphatic hydroxyl groups excluding tert-OH is 1. The summed E-state index contributed by atoms with van der Waals surface area (Å²) < 4.78 is 16.4. The Hall–Kier alpha value is -2.98. The van der Waals surface area contributed by atoms with Gasteiger partial charge in [0.25, 0.3) is 0 Å². The van der Waals surface area contributed by atoms with Crippen LogP contribution in [0.1, 0.15) is 38.3 Å². The molecular formula is C26H34N4O5S. The van der Waals surface area contributed by atoms with Crippen molar-refractivity contribution in [2.24, 2.45) is 5.92 Å². The first kappa shape index (κ1) is 26.1. The number of hydrogen-bond acceptors (Lipinski definition) is 9. The fourth-order valence-electron chi connectivity index (χ4n) is 4.47. The minimum atomic E-state index is -0.950. The number of aliphatic hydroxyl groups is 1. The molecule has 0 aliphatic carbocycles. The Kier molecular flexibility index (Phi) is 7.65. The Morgan fingerprint density at radius 1 is 1.19 bits per heavy atom. The van der Waals surface area contributed by atoms with Crippen LogP contribution in [0.15, 0.2) is 29.6 Å². The van der Waals surface area contributed by atoms with Crippen molar-refractivity contribution >= 4 is 35.3 Å². The molecule has 9 nitrogen and oxygen atoms in total. The van der Waals surface area contributed by atoms with Crippen molar-refractivity contribution in [2.75, 3.05) is 45.0 Å². The van der Waals surface area contributed by atoms with E-state index >= 15 is 0 Å². The number of benzene rings is 1. The Balaban J connectivity index is 1.64. The molecule has 2 aromatic rings. The van der Waals surface area contributed by atoms with E-state index in [4.69, 9.17) is 19.2 Å². The number of carbonyl (C=O) groups is 1. The molecule has 1 aromatic heterocycles. The van der Waals surface area contributed by atoms with E-state index in [1.165, 1.54) is 11.8 Å². The SMILES string of the molecule is COc1cc(OC)cc(C2=Cc3cnc(SC)nc3N(C[C@@H]3CCN(C(=O)OC(C)(C)C)C3)C2O)c1. The average molecular weight is 515 g/mol. The molecule has 0 saturated carbocycles. The van der Waals surface area contributed by atoms with Gasteiger partial charge in [0.2, 0.25) is 0 Å². The fraction of sp³-hybridized carbons (Fsp3) is 0.500. The van der Waals surface area contributed by atoms with E-state index in [1.54, 1.807) is 31.4 Å². The van der Waals surface area contributed by atoms with E-state index in [2.05, 4.69) is 4.98 Å². The van der Waals surface area contributed by atoms with Crippen molar-refractivity contribution in [1.29, 1.82) is 0 Å². The molecule has 1 N–H and O–H groups in total. The lowest BCUT2D eigenvalue weighted by Crippen LogP contribution is -2.43. The van der Waals surface area contributed by atoms with Gasteiger partial charge in [-0.15, -0.1) is 0 Å². The lowest BCUT2D eigenvalue weighted by Gasteiger charge is -2.37. The summed E-state index contributed by atoms with van der Waals surface area (Å²) in [6.07, 6.45) is 5.17. The van der Waals surface area contributed by atoms with Crippen LogP contribution < -0.4 is 14.4 Å². The maximum Gasteiger partial charge on any atom is 0.410 e. The van der Waals surface area contributed by atoms with Crippen molar-refractivity contribution < 1.29 is 24.1 Å². The van der Waals surface area contributed by atoms with E-state index in [0.717, 1.165) is 17.5 Å². The predicted molar refractivity (Wildman–Crippen MR) is 140 cm³/mol. The second kappa shape index (κ2) is 10.6. The number of hydrogen-bond donors (Lipinski definition) is 1. The molecule has 0 bridgehead atoms. The zero-order valence-corrected chi connectivity index (χ0v) is 22.5. The van der Waals surface area contributed by atoms with Crippen LogP contribution in [-0.4, -0.2) is 78.0 Å². The number of thioether (sulfide) groups is 1. The number of carbonyl (C=O) groups excluding carboxylic acids is 1. The van der Waals surface area contributed by atoms with E-state index in [9.17, 15) is 9.90 Å². The first-order valence-electron chi connectivity index (χ1n) is 11.9. The predicted octanol–water partition coefficient (Wildman–Crippen LogP) is 4.15. The minimum Gasteiger partial charge on any atom is -0.497 e. The van der Waals surface area contributed by atoms with E-state index in [0.29, 0.717) is 47.7 Å². The third-order valence-electron chi connectivity index (χ3n) is 6.19. The average Bonchev–Trinajstić information content (AvgIpc) is 3.32. The van der Waals surface area contributed by atoms with Crippen molar-refractivity contribution in [3.05, 3.63) is 35.5 Å². The number of aromatic nitrogens is 2. The zero-order valence-electron chi connectivity index (χ0n) is 21.6. The van der Waals surface area contributed by atoms with Gasteiger partial charge in [0.05, 0.1) is 14.2 Å². The molecule has 1 amide bonds. The number of fused-ring (bicyclic) bond motifs is 1. The van der Waals surface area contributed by atoms with Gasteiger partial charge in [-0.1, -0.05) is 11.8 Å². The van der Waals surface area contributed by atoms with Gasteiger partial charge >= 0.3 is 6.09 Å². The summed E-state index contributed by atoms with van der Waals surface area (Å²) in [6, 6.07) is 5.54. The van der Waals surface area contributed by atoms with Crippen molar-refractivity contribution in [3.63, 3.8) is 0 Å². The van der Waals surface area contributed by atoms with Crippen LogP contribution in [-0.2, 0) is 4.74 Å². The van der Waals surface area contributed by atoms with Gasteiger partial charge in [0, 0.05) is 43.0 Å². The minimum absolute atomic E-state index is 0.145. The van der Waals surface area contributed by atoms with Crippen LogP contribution in [0.3, 0.4) is 0 Å². The lowest BCUT2D eigenvalue weighted by molar-refractivity contribution is 0.0288. The zero-order chi connectivity index (χ0) is 26.0. The van der Waals surface area contributed by atoms with Gasteiger partial charge in [0.15, 0.2) is 11.4 Å². The molecule has 1 aromatic carbocycles. The normalized spacial score (nSPS) is 19.6. The summed E-state index contributed by atoms with van der Waals surface area (Å²) >= 11 is 1.45. The highest BCUT2D eigenvalue weighted by Crippen LogP contribution is 2.39. The van der Waals surface area contributed by atoms with Gasteiger partial charge in [-0.3, -0.25) is 0 Å². The molecule has 0 spiro atoms. The Bertz CT molecular complexity index is 1130. The number of rotatable bonds is 6. The van der Waals surface area contributed by atoms with Crippen LogP contribution in [0.2, 0.25) is 0 Å². The summed E-state index contributed by atoms with van der Waals surface area (Å²) in [6.45, 7) is 7.29. The number of amides is 1. The lowest BCUT2D eigenvalue weighted by atomic mass is 9.96. The summed E-state index contributed by atoms with van der Waals surface area (Å²) in [4.78, 5) is 25.4. The smallest absolute Gasteiger partial charge is 0.410 e. The van der Waals surface area contributed by atoms with Crippen LogP contribution in [0.5, 0.6) is 11.5 Å². The summed E-state index contributed by atoms with van der Waals surface area (Å²) in [5, 5.41) is 12.2. The number of ether oxygens (including phenoxy) is 3. The fourth-order valence-corrected chi connectivity index (χ4v) is 4.80. The molecule has 36 heavy (non-hydrogen) atoms. The van der Waals surface area contributed by atoms with Gasteiger partial charge in [-0.2, -0.15) is 0 Å². The standard InChI is InChI=1S/C26H34N4O5S/c1-26(2,3)35-25(32)29-8-7-16(14-29)15-30-22-18(13-27-24(28-22)36-6)11-21(23(30)31)17-9-19(33-4)12-20(10-17)34-5/h9-13,16,23,31H,7-8,14-15H2,1-6H3/t16-,23?/m1/s1. The van der Waals surface area contributed by atoms with Crippen LogP contribution in [0, 0.1) is 5.92 Å². The van der Waals surface area contributed by atoms with Gasteiger partial charge in [-0.25, -0.2) is 14.8 Å². The van der Waals surface area contributed by atoms with Crippen molar-refractivity contribution in [2.45, 2.75) is 44.2 Å². The van der Waals surface area contributed by atoms with Crippen LogP contribution in [0.25, 0.3) is 11.6 Å². The number of nitrogens with zero attached hydrogens (tertiary/aromatic N) is 4. The molecule has 2 atom stereocenters. The summed E-state index contributed by atoms with van der Waals surface area (Å²) in [7, 11) is 3.19. The molecule has 2 aliphatic heterocycles. The van der Waals surface area contributed by atoms with Crippen LogP contribution in [0.4, 0.5) is 10.6 Å². The van der Waals surface area contributed by atoms with Crippen molar-refractivity contribution in [3.8, 4) is 11.5 Å². The maximum absolute atomic E-state index is 12.6. The Morgan fingerprint density at radius 3 is 2.50 bits per heavy atom. The number of methoxy groups -OCH3 is 2. The second-order valence-corrected chi connectivity index (χ2v) is 10.7. The highest BCUT2D eigenvalue weighted by Gasteiger charge is 2.35. The third kappa shape index (κ3) is 5.70. The second-order valence-electron chi connectivity index (χ2n) is 9.94. The topological polar surface area (TPSA) is 97.3 Å². The molecule has 1 saturated heterocycles. The van der Waals surface area contributed by atoms with Gasteiger partial charge < -0.3 is 29.1 Å². The van der Waals surface area contributed by atoms with E-state index < -0.39 is 11.8 Å². The molecule has 3 heterocycles. The monoisotopic (exact) mass is 514 g/mol. The molecule has 1 unspecified atom stereocenters. The summed E-state index contributed by atoms with van der Waals surface area (Å²) in [5.74, 6) is 2.09. The molecular weight excluding hydrogens is 480 g/mol. The molecule has 194 valence electrons. The molecule has 1 fully saturated rings. The van der Waals surface area contributed by atoms with E-state index in [1.807, 2.05) is 50.1 Å². The van der Waals surface area contributed by atoms with Gasteiger partial charge in [-0.05, 0) is 63.1 Å². The highest BCUT2D eigenvalue weighted by molar-refractivity contribution is 7.98. The molecule has 0 radical (unpaired) electrons. The molecule has 4 rings (SSSR count). The molecule has 10 heteroatoms. The van der Waals surface area contributed by atoms with E-state index in [-0.39, 0.29) is 12.0 Å². The highest BCUT2D eigenvalue weighted by atomic mass is 32.2. The maximum atomic E-state index is 12.6. The number of anilines is 1. The summed E-state index contributed by atoms with van der Waals surface area (Å²) in [5.41, 5.74) is 1.75. The quantitative estimate of drug-likeness (QED) is 0.450. The Labute approximate surface area is 216 Å². The third-order valence-corrected chi connectivity index (χ3v) is 6.75. The largest absolute Gasteiger partial charge is 0.497 e. The van der Waals surface area contributed by atoms with Crippen molar-refractivity contribution in [1.82, 2.24) is 14.9 Å². The first-order chi connectivity index (χ1) is 17.1.